The first-order valence-corrected chi connectivity index (χ1v) is 15.3. The first kappa shape index (κ1) is 24.5. The summed E-state index contributed by atoms with van der Waals surface area (Å²) in [7, 11) is 0. The molecule has 5 nitrogen and oxygen atoms in total. The van der Waals surface area contributed by atoms with Gasteiger partial charge in [-0.1, -0.05) is 85.0 Å². The van der Waals surface area contributed by atoms with Gasteiger partial charge in [0.1, 0.15) is 6.10 Å². The average Bonchev–Trinajstić information content (AvgIpc) is 3.75. The molecule has 0 fully saturated rings. The minimum Gasteiger partial charge on any atom is -0.482 e. The van der Waals surface area contributed by atoms with E-state index in [1.54, 1.807) is 0 Å². The third kappa shape index (κ3) is 3.55. The van der Waals surface area contributed by atoms with Crippen molar-refractivity contribution in [3.63, 3.8) is 0 Å². The van der Waals surface area contributed by atoms with E-state index >= 15 is 0 Å². The summed E-state index contributed by atoms with van der Waals surface area (Å²) in [5.74, 6) is 1.53. The normalized spacial score (nSPS) is 16.9. The second kappa shape index (κ2) is 9.28. The van der Waals surface area contributed by atoms with E-state index in [1.807, 2.05) is 12.3 Å². The van der Waals surface area contributed by atoms with E-state index in [0.29, 0.717) is 5.95 Å². The Labute approximate surface area is 259 Å². The van der Waals surface area contributed by atoms with E-state index in [0.717, 1.165) is 28.2 Å². The predicted molar refractivity (Wildman–Crippen MR) is 182 cm³/mol. The van der Waals surface area contributed by atoms with E-state index < -0.39 is 0 Å². The van der Waals surface area contributed by atoms with Gasteiger partial charge in [-0.3, -0.25) is 4.57 Å². The van der Waals surface area contributed by atoms with Gasteiger partial charge in [-0.2, -0.15) is 0 Å². The molecule has 45 heavy (non-hydrogen) atoms. The summed E-state index contributed by atoms with van der Waals surface area (Å²) in [5, 5.41) is 4.84. The molecule has 1 aliphatic carbocycles. The van der Waals surface area contributed by atoms with Crippen LogP contribution in [0.4, 0.5) is 0 Å². The van der Waals surface area contributed by atoms with Crippen molar-refractivity contribution in [1.29, 1.82) is 0 Å². The van der Waals surface area contributed by atoms with E-state index in [9.17, 15) is 0 Å². The monoisotopic (exact) mass is 578 g/mol. The molecular formula is C40H26N4O. The van der Waals surface area contributed by atoms with Crippen molar-refractivity contribution in [1.82, 2.24) is 19.1 Å². The molecule has 0 radical (unpaired) electrons. The largest absolute Gasteiger partial charge is 0.482 e. The van der Waals surface area contributed by atoms with E-state index in [1.165, 1.54) is 43.7 Å². The highest BCUT2D eigenvalue weighted by Crippen LogP contribution is 2.41. The molecule has 0 N–H and O–H groups in total. The zero-order valence-corrected chi connectivity index (χ0v) is 24.2. The van der Waals surface area contributed by atoms with Gasteiger partial charge in [0.15, 0.2) is 5.75 Å². The lowest BCUT2D eigenvalue weighted by atomic mass is 9.96. The van der Waals surface area contributed by atoms with Gasteiger partial charge < -0.3 is 9.30 Å². The van der Waals surface area contributed by atoms with Crippen LogP contribution in [0.5, 0.6) is 5.75 Å². The summed E-state index contributed by atoms with van der Waals surface area (Å²) in [5.41, 5.74) is 9.04. The lowest BCUT2D eigenvalue weighted by molar-refractivity contribution is 0.268. The fraction of sp³-hybridized carbons (Fsp3) is 0.0500. The van der Waals surface area contributed by atoms with Crippen molar-refractivity contribution in [2.45, 2.75) is 12.0 Å². The predicted octanol–water partition coefficient (Wildman–Crippen LogP) is 9.31. The van der Waals surface area contributed by atoms with Crippen molar-refractivity contribution >= 4 is 43.6 Å². The Morgan fingerprint density at radius 2 is 1.16 bits per heavy atom. The number of aromatic nitrogens is 4. The van der Waals surface area contributed by atoms with Gasteiger partial charge in [-0.05, 0) is 65.7 Å². The van der Waals surface area contributed by atoms with E-state index in [4.69, 9.17) is 14.7 Å². The number of benzene rings is 5. The number of hydrogen-bond donors (Lipinski definition) is 0. The number of para-hydroxylation sites is 3. The molecule has 0 amide bonds. The fourth-order valence-corrected chi connectivity index (χ4v) is 7.28. The van der Waals surface area contributed by atoms with Crippen LogP contribution in [0.3, 0.4) is 0 Å². The molecule has 1 aliphatic heterocycles. The maximum Gasteiger partial charge on any atom is 0.235 e. The molecule has 2 atom stereocenters. The molecule has 10 rings (SSSR count). The Kier molecular flexibility index (Phi) is 5.05. The summed E-state index contributed by atoms with van der Waals surface area (Å²) in [4.78, 5) is 9.89. The maximum atomic E-state index is 6.13. The van der Waals surface area contributed by atoms with Crippen molar-refractivity contribution in [3.05, 3.63) is 151 Å². The summed E-state index contributed by atoms with van der Waals surface area (Å²) >= 11 is 0. The number of rotatable bonds is 3. The molecule has 2 aliphatic rings. The van der Waals surface area contributed by atoms with Gasteiger partial charge in [-0.25, -0.2) is 9.97 Å². The number of ether oxygens (including phenoxy) is 1. The number of hydrogen-bond acceptors (Lipinski definition) is 3. The van der Waals surface area contributed by atoms with Gasteiger partial charge in [0.2, 0.25) is 5.95 Å². The van der Waals surface area contributed by atoms with Gasteiger partial charge in [0, 0.05) is 27.2 Å². The molecule has 0 bridgehead atoms. The molecule has 5 heteroatoms. The van der Waals surface area contributed by atoms with Crippen LogP contribution in [0, 0.1) is 0 Å². The van der Waals surface area contributed by atoms with Gasteiger partial charge in [0.25, 0.3) is 0 Å². The molecule has 8 aromatic rings. The quantitative estimate of drug-likeness (QED) is 0.210. The lowest BCUT2D eigenvalue weighted by Crippen LogP contribution is -2.16. The van der Waals surface area contributed by atoms with Crippen LogP contribution in [0.1, 0.15) is 11.6 Å². The van der Waals surface area contributed by atoms with Gasteiger partial charge >= 0.3 is 0 Å². The number of allylic oxidation sites excluding steroid dienone is 2. The van der Waals surface area contributed by atoms with Crippen LogP contribution in [0.2, 0.25) is 0 Å². The van der Waals surface area contributed by atoms with Gasteiger partial charge in [0.05, 0.1) is 39.9 Å². The molecule has 0 saturated carbocycles. The Balaban J connectivity index is 1.15. The standard InChI is InChI=1S/C40H26N4O/c1-2-10-27(11-3-1)43-33-15-7-4-12-28(33)31-22-25(18-20-35(31)43)26-19-21-36-32(23-26)29-13-5-8-16-34(29)44(36)40-41-24-38-39(42-40)30-14-6-9-17-37(30)45-38/h1-24,30,37H. The molecule has 3 aromatic heterocycles. The molecular weight excluding hydrogens is 552 g/mol. The molecule has 212 valence electrons. The zero-order valence-electron chi connectivity index (χ0n) is 24.2. The molecule has 4 heterocycles. The summed E-state index contributed by atoms with van der Waals surface area (Å²) < 4.78 is 10.7. The summed E-state index contributed by atoms with van der Waals surface area (Å²) in [6, 6.07) is 41.4. The second-order valence-corrected chi connectivity index (χ2v) is 11.8. The fourth-order valence-electron chi connectivity index (χ4n) is 7.28. The Hall–Kier alpha value is -5.94. The third-order valence-electron chi connectivity index (χ3n) is 9.33. The lowest BCUT2D eigenvalue weighted by Gasteiger charge is -2.13. The Morgan fingerprint density at radius 3 is 1.89 bits per heavy atom. The zero-order chi connectivity index (χ0) is 29.5. The minimum atomic E-state index is -0.0192. The number of fused-ring (bicyclic) bond motifs is 9. The van der Waals surface area contributed by atoms with Crippen molar-refractivity contribution < 1.29 is 4.74 Å². The van der Waals surface area contributed by atoms with Gasteiger partial charge in [-0.15, -0.1) is 0 Å². The van der Waals surface area contributed by atoms with E-state index in [-0.39, 0.29) is 12.0 Å². The van der Waals surface area contributed by atoms with Crippen LogP contribution in [-0.2, 0) is 0 Å². The Morgan fingerprint density at radius 1 is 0.556 bits per heavy atom. The summed E-state index contributed by atoms with van der Waals surface area (Å²) in [6.07, 6.45) is 10.2. The van der Waals surface area contributed by atoms with Crippen LogP contribution in [-0.4, -0.2) is 25.2 Å². The first-order valence-electron chi connectivity index (χ1n) is 15.3. The third-order valence-corrected chi connectivity index (χ3v) is 9.33. The minimum absolute atomic E-state index is 0.0192. The van der Waals surface area contributed by atoms with Crippen LogP contribution in [0.15, 0.2) is 146 Å². The molecule has 0 spiro atoms. The van der Waals surface area contributed by atoms with Crippen LogP contribution in [0.25, 0.3) is 66.4 Å². The molecule has 5 aromatic carbocycles. The Bertz CT molecular complexity index is 2540. The first-order chi connectivity index (χ1) is 22.3. The SMILES string of the molecule is C1=CC2Oc3cnc(-n4c5ccccc5c5cc(-c6ccc7c(c6)c6ccccc6n7-c6ccccc6)ccc54)nc3C2C=C1. The van der Waals surface area contributed by atoms with E-state index in [2.05, 4.69) is 143 Å². The van der Waals surface area contributed by atoms with Crippen molar-refractivity contribution in [3.8, 4) is 28.5 Å². The molecule has 0 saturated heterocycles. The van der Waals surface area contributed by atoms with Crippen molar-refractivity contribution in [2.24, 2.45) is 0 Å². The van der Waals surface area contributed by atoms with Crippen molar-refractivity contribution in [2.75, 3.05) is 0 Å². The summed E-state index contributed by atoms with van der Waals surface area (Å²) in [6.45, 7) is 0. The highest BCUT2D eigenvalue weighted by Gasteiger charge is 2.34. The molecule has 2 unspecified atom stereocenters. The van der Waals surface area contributed by atoms with Crippen LogP contribution < -0.4 is 4.74 Å². The highest BCUT2D eigenvalue weighted by molar-refractivity contribution is 6.12. The maximum absolute atomic E-state index is 6.13. The van der Waals surface area contributed by atoms with Crippen LogP contribution >= 0.6 is 0 Å². The average molecular weight is 579 g/mol. The topological polar surface area (TPSA) is 44.9 Å². The highest BCUT2D eigenvalue weighted by atomic mass is 16.5. The smallest absolute Gasteiger partial charge is 0.235 e. The second-order valence-electron chi connectivity index (χ2n) is 11.8. The number of nitrogens with zero attached hydrogens (tertiary/aromatic N) is 4.